The van der Waals surface area contributed by atoms with Crippen LogP contribution in [-0.2, 0) is 11.3 Å². The molecule has 2 N–H and O–H groups in total. The van der Waals surface area contributed by atoms with Crippen LogP contribution in [0.15, 0.2) is 36.8 Å². The normalized spacial score (nSPS) is 22.3. The third-order valence-corrected chi connectivity index (χ3v) is 3.70. The summed E-state index contributed by atoms with van der Waals surface area (Å²) in [6.07, 6.45) is 5.87. The van der Waals surface area contributed by atoms with Gasteiger partial charge < -0.3 is 10.4 Å². The average molecular weight is 287 g/mol. The third-order valence-electron chi connectivity index (χ3n) is 3.70. The van der Waals surface area contributed by atoms with Crippen molar-refractivity contribution in [1.82, 2.24) is 25.3 Å². The Morgan fingerprint density at radius 3 is 2.71 bits per heavy atom. The third kappa shape index (κ3) is 3.25. The molecule has 1 fully saturated rings. The van der Waals surface area contributed by atoms with Gasteiger partial charge in [0.15, 0.2) is 0 Å². The fraction of sp³-hybridized carbons (Fsp3) is 0.429. The molecule has 0 radical (unpaired) electrons. The first-order valence-corrected chi connectivity index (χ1v) is 6.95. The van der Waals surface area contributed by atoms with Crippen molar-refractivity contribution in [1.29, 1.82) is 0 Å². The number of carbonyl (C=O) groups is 1. The Morgan fingerprint density at radius 1 is 1.33 bits per heavy atom. The van der Waals surface area contributed by atoms with Gasteiger partial charge in [-0.1, -0.05) is 6.07 Å². The summed E-state index contributed by atoms with van der Waals surface area (Å²) in [7, 11) is 0. The maximum atomic E-state index is 12.1. The zero-order valence-corrected chi connectivity index (χ0v) is 11.5. The molecule has 3 rings (SSSR count). The lowest BCUT2D eigenvalue weighted by Crippen LogP contribution is -2.42. The van der Waals surface area contributed by atoms with E-state index in [4.69, 9.17) is 0 Å². The van der Waals surface area contributed by atoms with E-state index in [0.717, 1.165) is 5.69 Å². The van der Waals surface area contributed by atoms with Crippen LogP contribution in [0.4, 0.5) is 0 Å². The highest BCUT2D eigenvalue weighted by atomic mass is 16.3. The Labute approximate surface area is 122 Å². The molecule has 0 unspecified atom stereocenters. The van der Waals surface area contributed by atoms with Gasteiger partial charge in [0.05, 0.1) is 30.2 Å². The van der Waals surface area contributed by atoms with Gasteiger partial charge in [-0.15, -0.1) is 0 Å². The molecule has 0 bridgehead atoms. The molecular formula is C14H17N5O2. The zero-order valence-electron chi connectivity index (χ0n) is 11.5. The number of nitrogens with zero attached hydrogens (tertiary/aromatic N) is 4. The van der Waals surface area contributed by atoms with Crippen LogP contribution < -0.4 is 5.32 Å². The van der Waals surface area contributed by atoms with Gasteiger partial charge >= 0.3 is 0 Å². The summed E-state index contributed by atoms with van der Waals surface area (Å²) >= 11 is 0. The molecule has 1 saturated carbocycles. The number of hydrogen-bond acceptors (Lipinski definition) is 5. The number of pyridine rings is 1. The number of aliphatic hydroxyl groups is 1. The highest BCUT2D eigenvalue weighted by Gasteiger charge is 2.36. The van der Waals surface area contributed by atoms with Crippen LogP contribution in [0, 0.1) is 5.92 Å². The average Bonchev–Trinajstić information content (AvgIpc) is 2.95. The van der Waals surface area contributed by atoms with Gasteiger partial charge in [-0.25, -0.2) is 0 Å². The number of carbonyl (C=O) groups excluding carboxylic acids is 1. The van der Waals surface area contributed by atoms with Crippen molar-refractivity contribution in [3.05, 3.63) is 42.5 Å². The number of aromatic nitrogens is 4. The minimum absolute atomic E-state index is 0.0750. The minimum atomic E-state index is -0.272. The van der Waals surface area contributed by atoms with Gasteiger partial charge in [-0.2, -0.15) is 15.0 Å². The monoisotopic (exact) mass is 287 g/mol. The van der Waals surface area contributed by atoms with E-state index in [1.165, 1.54) is 17.2 Å². The lowest BCUT2D eigenvalue weighted by Gasteiger charge is -2.37. The van der Waals surface area contributed by atoms with E-state index in [1.807, 2.05) is 18.2 Å². The Bertz CT molecular complexity index is 581. The largest absolute Gasteiger partial charge is 0.393 e. The first-order valence-electron chi connectivity index (χ1n) is 6.95. The summed E-state index contributed by atoms with van der Waals surface area (Å²) < 4.78 is 0. The number of rotatable bonds is 5. The van der Waals surface area contributed by atoms with Crippen molar-refractivity contribution >= 4 is 5.91 Å². The van der Waals surface area contributed by atoms with Gasteiger partial charge in [-0.05, 0) is 30.9 Å². The fourth-order valence-electron chi connectivity index (χ4n) is 2.57. The van der Waals surface area contributed by atoms with Gasteiger partial charge in [0, 0.05) is 6.20 Å². The molecule has 21 heavy (non-hydrogen) atoms. The SMILES string of the molecule is O=C(Cn1nccn1)N[C@@H](c1ccccn1)C1CC(O)C1. The number of nitrogens with one attached hydrogen (secondary N) is 1. The van der Waals surface area contributed by atoms with Crippen molar-refractivity contribution in [2.75, 3.05) is 0 Å². The molecule has 1 amide bonds. The fourth-order valence-corrected chi connectivity index (χ4v) is 2.57. The minimum Gasteiger partial charge on any atom is -0.393 e. The van der Waals surface area contributed by atoms with Crippen LogP contribution in [0.5, 0.6) is 0 Å². The van der Waals surface area contributed by atoms with E-state index >= 15 is 0 Å². The zero-order chi connectivity index (χ0) is 14.7. The molecule has 7 nitrogen and oxygen atoms in total. The maximum absolute atomic E-state index is 12.1. The van der Waals surface area contributed by atoms with Gasteiger partial charge in [-0.3, -0.25) is 9.78 Å². The Morgan fingerprint density at radius 2 is 2.10 bits per heavy atom. The van der Waals surface area contributed by atoms with Crippen LogP contribution in [0.3, 0.4) is 0 Å². The second kappa shape index (κ2) is 6.01. The summed E-state index contributed by atoms with van der Waals surface area (Å²) in [5, 5.41) is 20.3. The number of amides is 1. The van der Waals surface area contributed by atoms with Crippen molar-refractivity contribution in [2.24, 2.45) is 5.92 Å². The molecule has 7 heteroatoms. The van der Waals surface area contributed by atoms with Crippen LogP contribution in [0.2, 0.25) is 0 Å². The summed E-state index contributed by atoms with van der Waals surface area (Å²) in [5.74, 6) is 0.0488. The molecule has 2 aromatic heterocycles. The second-order valence-electron chi connectivity index (χ2n) is 5.24. The Balaban J connectivity index is 1.69. The standard InChI is InChI=1S/C14H17N5O2/c20-11-7-10(8-11)14(12-3-1-2-4-15-12)18-13(21)9-19-16-5-6-17-19/h1-6,10-11,14,20H,7-9H2,(H,18,21)/t10?,11?,14-/m1/s1. The lowest BCUT2D eigenvalue weighted by atomic mass is 9.76. The molecule has 0 aliphatic heterocycles. The van der Waals surface area contributed by atoms with Crippen LogP contribution in [0.1, 0.15) is 24.6 Å². The molecule has 110 valence electrons. The highest BCUT2D eigenvalue weighted by Crippen LogP contribution is 2.37. The molecular weight excluding hydrogens is 270 g/mol. The second-order valence-corrected chi connectivity index (χ2v) is 5.24. The summed E-state index contributed by atoms with van der Waals surface area (Å²) in [4.78, 5) is 17.8. The Kier molecular flexibility index (Phi) is 3.92. The van der Waals surface area contributed by atoms with Crippen molar-refractivity contribution in [3.63, 3.8) is 0 Å². The topological polar surface area (TPSA) is 92.9 Å². The smallest absolute Gasteiger partial charge is 0.244 e. The Hall–Kier alpha value is -2.28. The molecule has 1 aliphatic rings. The predicted octanol–water partition coefficient (Wildman–Crippen LogP) is 0.301. The van der Waals surface area contributed by atoms with Crippen molar-refractivity contribution < 1.29 is 9.90 Å². The summed E-state index contributed by atoms with van der Waals surface area (Å²) in [6.45, 7) is 0.0750. The first kappa shape index (κ1) is 13.7. The number of aliphatic hydroxyl groups excluding tert-OH is 1. The molecule has 0 aromatic carbocycles. The molecule has 2 aromatic rings. The molecule has 0 saturated heterocycles. The van der Waals surface area contributed by atoms with E-state index in [-0.39, 0.29) is 30.5 Å². The van der Waals surface area contributed by atoms with Gasteiger partial charge in [0.2, 0.25) is 5.91 Å². The van der Waals surface area contributed by atoms with Crippen LogP contribution >= 0.6 is 0 Å². The van der Waals surface area contributed by atoms with E-state index in [9.17, 15) is 9.90 Å². The quantitative estimate of drug-likeness (QED) is 0.825. The van der Waals surface area contributed by atoms with Crippen LogP contribution in [0.25, 0.3) is 0 Å². The molecule has 1 aliphatic carbocycles. The van der Waals surface area contributed by atoms with E-state index < -0.39 is 0 Å². The lowest BCUT2D eigenvalue weighted by molar-refractivity contribution is -0.124. The number of hydrogen-bond donors (Lipinski definition) is 2. The predicted molar refractivity (Wildman–Crippen MR) is 73.9 cm³/mol. The molecule has 2 heterocycles. The maximum Gasteiger partial charge on any atom is 0.244 e. The van der Waals surface area contributed by atoms with E-state index in [0.29, 0.717) is 12.8 Å². The van der Waals surface area contributed by atoms with Crippen molar-refractivity contribution in [2.45, 2.75) is 31.5 Å². The summed E-state index contributed by atoms with van der Waals surface area (Å²) in [6, 6.07) is 5.44. The first-order chi connectivity index (χ1) is 10.2. The molecule has 0 spiro atoms. The van der Waals surface area contributed by atoms with Gasteiger partial charge in [0.25, 0.3) is 0 Å². The molecule has 1 atom stereocenters. The highest BCUT2D eigenvalue weighted by molar-refractivity contribution is 5.76. The van der Waals surface area contributed by atoms with E-state index in [1.54, 1.807) is 6.20 Å². The van der Waals surface area contributed by atoms with Crippen LogP contribution in [-0.4, -0.2) is 37.1 Å². The summed E-state index contributed by atoms with van der Waals surface area (Å²) in [5.41, 5.74) is 0.816. The van der Waals surface area contributed by atoms with E-state index in [2.05, 4.69) is 20.5 Å². The van der Waals surface area contributed by atoms with Gasteiger partial charge in [0.1, 0.15) is 6.54 Å². The van der Waals surface area contributed by atoms with Crippen molar-refractivity contribution in [3.8, 4) is 0 Å².